The fourth-order valence-corrected chi connectivity index (χ4v) is 2.99. The molecule has 1 aromatic rings. The molecule has 0 fully saturated rings. The summed E-state index contributed by atoms with van der Waals surface area (Å²) in [4.78, 5) is 1.40. The predicted octanol–water partition coefficient (Wildman–Crippen LogP) is 4.54. The molecule has 1 N–H and O–H groups in total. The lowest BCUT2D eigenvalue weighted by Crippen LogP contribution is -2.10. The van der Waals surface area contributed by atoms with Crippen molar-refractivity contribution < 1.29 is 0 Å². The van der Waals surface area contributed by atoms with Gasteiger partial charge in [0.15, 0.2) is 0 Å². The van der Waals surface area contributed by atoms with Gasteiger partial charge in [-0.1, -0.05) is 32.9 Å². The topological polar surface area (TPSA) is 12.0 Å². The van der Waals surface area contributed by atoms with Gasteiger partial charge in [0.1, 0.15) is 0 Å². The molecule has 0 radical (unpaired) electrons. The average Bonchev–Trinajstić information content (AvgIpc) is 2.36. The third-order valence-electron chi connectivity index (χ3n) is 3.24. The second kappa shape index (κ2) is 8.60. The summed E-state index contributed by atoms with van der Waals surface area (Å²) in [6.45, 7) is 7.96. The molecule has 0 bridgehead atoms. The molecule has 1 unspecified atom stereocenters. The van der Waals surface area contributed by atoms with Crippen LogP contribution in [-0.4, -0.2) is 19.3 Å². The fourth-order valence-electron chi connectivity index (χ4n) is 1.83. The van der Waals surface area contributed by atoms with E-state index in [4.69, 9.17) is 0 Å². The highest BCUT2D eigenvalue weighted by Crippen LogP contribution is 2.24. The molecular formula is C16H27NS. The monoisotopic (exact) mass is 265 g/mol. The van der Waals surface area contributed by atoms with Gasteiger partial charge >= 0.3 is 0 Å². The van der Waals surface area contributed by atoms with Crippen molar-refractivity contribution in [2.24, 2.45) is 5.92 Å². The van der Waals surface area contributed by atoms with Crippen molar-refractivity contribution >= 4 is 11.8 Å². The van der Waals surface area contributed by atoms with Crippen molar-refractivity contribution in [1.29, 1.82) is 0 Å². The SMILES string of the molecule is CNCCC(C)c1ccc(SCCC(C)C)cc1. The van der Waals surface area contributed by atoms with Crippen LogP contribution in [-0.2, 0) is 0 Å². The smallest absolute Gasteiger partial charge is 0.00721 e. The zero-order chi connectivity index (χ0) is 13.4. The Labute approximate surface area is 117 Å². The van der Waals surface area contributed by atoms with E-state index in [9.17, 15) is 0 Å². The highest BCUT2D eigenvalue weighted by molar-refractivity contribution is 7.99. The molecular weight excluding hydrogens is 238 g/mol. The van der Waals surface area contributed by atoms with Crippen LogP contribution in [0.3, 0.4) is 0 Å². The fraction of sp³-hybridized carbons (Fsp3) is 0.625. The van der Waals surface area contributed by atoms with Crippen molar-refractivity contribution in [1.82, 2.24) is 5.32 Å². The van der Waals surface area contributed by atoms with Gasteiger partial charge in [-0.25, -0.2) is 0 Å². The minimum absolute atomic E-state index is 0.646. The van der Waals surface area contributed by atoms with E-state index in [0.29, 0.717) is 5.92 Å². The molecule has 1 aromatic carbocycles. The standard InChI is InChI=1S/C16H27NS/c1-13(2)10-12-18-16-7-5-15(6-8-16)14(3)9-11-17-4/h5-8,13-14,17H,9-12H2,1-4H3. The number of rotatable bonds is 8. The van der Waals surface area contributed by atoms with Crippen LogP contribution in [0, 0.1) is 5.92 Å². The lowest BCUT2D eigenvalue weighted by atomic mass is 9.98. The van der Waals surface area contributed by atoms with Crippen molar-refractivity contribution in [3.05, 3.63) is 29.8 Å². The maximum absolute atomic E-state index is 3.21. The first-order chi connectivity index (χ1) is 8.63. The number of hydrogen-bond donors (Lipinski definition) is 1. The molecule has 0 heterocycles. The van der Waals surface area contributed by atoms with Gasteiger partial charge in [-0.15, -0.1) is 11.8 Å². The summed E-state index contributed by atoms with van der Waals surface area (Å²) in [5, 5.41) is 3.21. The second-order valence-corrected chi connectivity index (χ2v) is 6.56. The van der Waals surface area contributed by atoms with Gasteiger partial charge in [-0.3, -0.25) is 0 Å². The average molecular weight is 265 g/mol. The molecule has 0 aliphatic heterocycles. The molecule has 0 saturated carbocycles. The summed E-state index contributed by atoms with van der Waals surface area (Å²) < 4.78 is 0. The summed E-state index contributed by atoms with van der Waals surface area (Å²) in [6.07, 6.45) is 2.50. The normalized spacial score (nSPS) is 12.9. The van der Waals surface area contributed by atoms with Crippen LogP contribution >= 0.6 is 11.8 Å². The van der Waals surface area contributed by atoms with Gasteiger partial charge in [0.05, 0.1) is 0 Å². The van der Waals surface area contributed by atoms with Crippen molar-refractivity contribution in [3.8, 4) is 0 Å². The van der Waals surface area contributed by atoms with Gasteiger partial charge in [0.25, 0.3) is 0 Å². The van der Waals surface area contributed by atoms with E-state index in [0.717, 1.165) is 12.5 Å². The molecule has 0 saturated heterocycles. The molecule has 2 heteroatoms. The maximum Gasteiger partial charge on any atom is 0.00721 e. The molecule has 1 atom stereocenters. The Kier molecular flexibility index (Phi) is 7.45. The third kappa shape index (κ3) is 5.92. The summed E-state index contributed by atoms with van der Waals surface area (Å²) in [7, 11) is 2.02. The first-order valence-electron chi connectivity index (χ1n) is 7.00. The molecule has 0 aliphatic rings. The number of benzene rings is 1. The summed E-state index contributed by atoms with van der Waals surface area (Å²) >= 11 is 1.97. The van der Waals surface area contributed by atoms with Crippen LogP contribution in [0.5, 0.6) is 0 Å². The molecule has 0 aromatic heterocycles. The van der Waals surface area contributed by atoms with Gasteiger partial charge in [-0.2, -0.15) is 0 Å². The number of nitrogens with one attached hydrogen (secondary N) is 1. The Hall–Kier alpha value is -0.470. The molecule has 1 rings (SSSR count). The van der Waals surface area contributed by atoms with Crippen LogP contribution in [0.4, 0.5) is 0 Å². The van der Waals surface area contributed by atoms with E-state index >= 15 is 0 Å². The minimum atomic E-state index is 0.646. The largest absolute Gasteiger partial charge is 0.320 e. The summed E-state index contributed by atoms with van der Waals surface area (Å²) in [5.41, 5.74) is 1.46. The van der Waals surface area contributed by atoms with Crippen LogP contribution in [0.25, 0.3) is 0 Å². The molecule has 102 valence electrons. The summed E-state index contributed by atoms with van der Waals surface area (Å²) in [6, 6.07) is 9.13. The maximum atomic E-state index is 3.21. The second-order valence-electron chi connectivity index (χ2n) is 5.39. The van der Waals surface area contributed by atoms with E-state index in [1.54, 1.807) is 0 Å². The van der Waals surface area contributed by atoms with Gasteiger partial charge in [-0.05, 0) is 61.7 Å². The van der Waals surface area contributed by atoms with E-state index < -0.39 is 0 Å². The zero-order valence-corrected chi connectivity index (χ0v) is 13.0. The first kappa shape index (κ1) is 15.6. The van der Waals surface area contributed by atoms with E-state index in [1.807, 2.05) is 18.8 Å². The number of hydrogen-bond acceptors (Lipinski definition) is 2. The van der Waals surface area contributed by atoms with Crippen LogP contribution in [0.1, 0.15) is 45.1 Å². The Morgan fingerprint density at radius 2 is 1.72 bits per heavy atom. The molecule has 18 heavy (non-hydrogen) atoms. The highest BCUT2D eigenvalue weighted by Gasteiger charge is 2.05. The van der Waals surface area contributed by atoms with Crippen molar-refractivity contribution in [2.75, 3.05) is 19.3 Å². The minimum Gasteiger partial charge on any atom is -0.320 e. The van der Waals surface area contributed by atoms with E-state index in [2.05, 4.69) is 50.4 Å². The van der Waals surface area contributed by atoms with Crippen molar-refractivity contribution in [3.63, 3.8) is 0 Å². The number of thioether (sulfide) groups is 1. The lowest BCUT2D eigenvalue weighted by molar-refractivity contribution is 0.632. The van der Waals surface area contributed by atoms with Gasteiger partial charge < -0.3 is 5.32 Å². The summed E-state index contributed by atoms with van der Waals surface area (Å²) in [5.74, 6) is 2.68. The lowest BCUT2D eigenvalue weighted by Gasteiger charge is -2.12. The van der Waals surface area contributed by atoms with Gasteiger partial charge in [0, 0.05) is 4.90 Å². The Bertz CT molecular complexity index is 318. The molecule has 0 aliphatic carbocycles. The molecule has 0 amide bonds. The van der Waals surface area contributed by atoms with Gasteiger partial charge in [0.2, 0.25) is 0 Å². The van der Waals surface area contributed by atoms with E-state index in [-0.39, 0.29) is 0 Å². The van der Waals surface area contributed by atoms with Crippen molar-refractivity contribution in [2.45, 2.75) is 44.4 Å². The molecule has 0 spiro atoms. The van der Waals surface area contributed by atoms with Crippen LogP contribution in [0.2, 0.25) is 0 Å². The third-order valence-corrected chi connectivity index (χ3v) is 4.29. The highest BCUT2D eigenvalue weighted by atomic mass is 32.2. The van der Waals surface area contributed by atoms with E-state index in [1.165, 1.54) is 29.1 Å². The predicted molar refractivity (Wildman–Crippen MR) is 83.6 cm³/mol. The van der Waals surface area contributed by atoms with Crippen LogP contribution < -0.4 is 5.32 Å². The molecule has 1 nitrogen and oxygen atoms in total. The Morgan fingerprint density at radius 1 is 1.06 bits per heavy atom. The first-order valence-corrected chi connectivity index (χ1v) is 7.99. The Balaban J connectivity index is 2.41. The zero-order valence-electron chi connectivity index (χ0n) is 12.2. The quantitative estimate of drug-likeness (QED) is 0.693. The van der Waals surface area contributed by atoms with Crippen LogP contribution in [0.15, 0.2) is 29.2 Å². The Morgan fingerprint density at radius 3 is 2.28 bits per heavy atom.